The summed E-state index contributed by atoms with van der Waals surface area (Å²) in [4.78, 5) is 9.02. The van der Waals surface area contributed by atoms with E-state index in [1.807, 2.05) is 18.8 Å². The van der Waals surface area contributed by atoms with Gasteiger partial charge in [-0.15, -0.1) is 35.3 Å². The molecule has 0 spiro atoms. The number of nitrogens with zero attached hydrogens (tertiary/aromatic N) is 4. The standard InChI is InChI=1S/C19H32N6S.HI/c1-12(2)18-23-16(11-26-18)8-9-21-19(20-6)22-13(3)10-17-14(4)24-25(7)15(17)5;/h11-13H,8-10H2,1-7H3,(H2,20,21,22);1H. The molecule has 0 aromatic carbocycles. The number of aliphatic imine (C=N–C) groups is 1. The summed E-state index contributed by atoms with van der Waals surface area (Å²) < 4.78 is 1.95. The molecule has 0 aliphatic heterocycles. The van der Waals surface area contributed by atoms with Gasteiger partial charge in [0.15, 0.2) is 5.96 Å². The molecule has 1 atom stereocenters. The van der Waals surface area contributed by atoms with Gasteiger partial charge in [-0.1, -0.05) is 13.8 Å². The average Bonchev–Trinajstić information content (AvgIpc) is 3.15. The molecule has 2 aromatic heterocycles. The van der Waals surface area contributed by atoms with E-state index in [1.54, 1.807) is 11.3 Å². The molecule has 1 unspecified atom stereocenters. The van der Waals surface area contributed by atoms with E-state index in [4.69, 9.17) is 0 Å². The van der Waals surface area contributed by atoms with Gasteiger partial charge in [-0.3, -0.25) is 9.67 Å². The first-order valence-corrected chi connectivity index (χ1v) is 10.1. The Balaban J connectivity index is 0.00000364. The number of hydrogen-bond acceptors (Lipinski definition) is 4. The molecule has 8 heteroatoms. The molecular weight excluding hydrogens is 471 g/mol. The zero-order valence-electron chi connectivity index (χ0n) is 17.5. The second kappa shape index (κ2) is 11.0. The second-order valence-electron chi connectivity index (χ2n) is 7.10. The maximum atomic E-state index is 4.68. The zero-order chi connectivity index (χ0) is 19.3. The van der Waals surface area contributed by atoms with Crippen molar-refractivity contribution >= 4 is 41.3 Å². The number of hydrogen-bond donors (Lipinski definition) is 2. The topological polar surface area (TPSA) is 67.1 Å². The molecule has 0 saturated carbocycles. The Kier molecular flexibility index (Phi) is 9.72. The first-order chi connectivity index (χ1) is 12.3. The fourth-order valence-electron chi connectivity index (χ4n) is 2.91. The van der Waals surface area contributed by atoms with Crippen molar-refractivity contribution in [3.63, 3.8) is 0 Å². The molecule has 2 aromatic rings. The third-order valence-electron chi connectivity index (χ3n) is 4.51. The highest BCUT2D eigenvalue weighted by molar-refractivity contribution is 14.0. The van der Waals surface area contributed by atoms with E-state index in [0.717, 1.165) is 36.7 Å². The van der Waals surface area contributed by atoms with Crippen LogP contribution in [0.3, 0.4) is 0 Å². The van der Waals surface area contributed by atoms with Crippen LogP contribution in [0.25, 0.3) is 0 Å². The maximum Gasteiger partial charge on any atom is 0.191 e. The third-order valence-corrected chi connectivity index (χ3v) is 5.71. The van der Waals surface area contributed by atoms with Crippen molar-refractivity contribution in [2.45, 2.75) is 59.4 Å². The van der Waals surface area contributed by atoms with Gasteiger partial charge in [0.05, 0.1) is 16.4 Å². The molecule has 0 fully saturated rings. The number of aryl methyl sites for hydroxylation is 2. The Morgan fingerprint density at radius 1 is 1.30 bits per heavy atom. The summed E-state index contributed by atoms with van der Waals surface area (Å²) in [5.74, 6) is 1.33. The van der Waals surface area contributed by atoms with E-state index < -0.39 is 0 Å². The minimum absolute atomic E-state index is 0. The summed E-state index contributed by atoms with van der Waals surface area (Å²) in [6.07, 6.45) is 1.83. The van der Waals surface area contributed by atoms with Crippen molar-refractivity contribution in [3.8, 4) is 0 Å². The lowest BCUT2D eigenvalue weighted by Crippen LogP contribution is -2.43. The number of guanidine groups is 1. The van der Waals surface area contributed by atoms with Crippen LogP contribution in [-0.4, -0.2) is 40.4 Å². The number of rotatable bonds is 7. The van der Waals surface area contributed by atoms with Crippen molar-refractivity contribution in [1.29, 1.82) is 0 Å². The Morgan fingerprint density at radius 2 is 2.00 bits per heavy atom. The molecule has 27 heavy (non-hydrogen) atoms. The Hall–Kier alpha value is -1.16. The van der Waals surface area contributed by atoms with Crippen LogP contribution in [-0.2, 0) is 19.9 Å². The minimum Gasteiger partial charge on any atom is -0.356 e. The van der Waals surface area contributed by atoms with E-state index in [2.05, 4.69) is 65.7 Å². The summed E-state index contributed by atoms with van der Waals surface area (Å²) in [6.45, 7) is 11.5. The highest BCUT2D eigenvalue weighted by atomic mass is 127. The van der Waals surface area contributed by atoms with Crippen LogP contribution >= 0.6 is 35.3 Å². The van der Waals surface area contributed by atoms with E-state index in [1.165, 1.54) is 16.3 Å². The highest BCUT2D eigenvalue weighted by Crippen LogP contribution is 2.19. The Morgan fingerprint density at radius 3 is 2.52 bits per heavy atom. The molecule has 2 heterocycles. The van der Waals surface area contributed by atoms with Crippen molar-refractivity contribution in [3.05, 3.63) is 33.0 Å². The molecule has 152 valence electrons. The molecule has 2 rings (SSSR count). The molecule has 0 radical (unpaired) electrons. The molecule has 0 saturated heterocycles. The van der Waals surface area contributed by atoms with Gasteiger partial charge in [0.2, 0.25) is 0 Å². The average molecular weight is 504 g/mol. The Bertz CT molecular complexity index is 749. The van der Waals surface area contributed by atoms with Crippen LogP contribution in [0, 0.1) is 13.8 Å². The molecular formula is C19H33IN6S. The van der Waals surface area contributed by atoms with Crippen LogP contribution in [0.15, 0.2) is 10.4 Å². The van der Waals surface area contributed by atoms with E-state index in [-0.39, 0.29) is 30.0 Å². The predicted molar refractivity (Wildman–Crippen MR) is 126 cm³/mol. The fourth-order valence-corrected chi connectivity index (χ4v) is 3.78. The van der Waals surface area contributed by atoms with Crippen LogP contribution in [0.5, 0.6) is 0 Å². The zero-order valence-corrected chi connectivity index (χ0v) is 20.6. The first-order valence-electron chi connectivity index (χ1n) is 9.22. The van der Waals surface area contributed by atoms with Gasteiger partial charge < -0.3 is 10.6 Å². The molecule has 2 N–H and O–H groups in total. The molecule has 6 nitrogen and oxygen atoms in total. The molecule has 0 amide bonds. The van der Waals surface area contributed by atoms with Crippen molar-refractivity contribution in [2.24, 2.45) is 12.0 Å². The van der Waals surface area contributed by atoms with Crippen LogP contribution in [0.2, 0.25) is 0 Å². The molecule has 0 aliphatic rings. The van der Waals surface area contributed by atoms with Crippen molar-refractivity contribution < 1.29 is 0 Å². The number of thiazole rings is 1. The lowest BCUT2D eigenvalue weighted by molar-refractivity contribution is 0.634. The first kappa shape index (κ1) is 23.9. The van der Waals surface area contributed by atoms with E-state index in [0.29, 0.717) is 5.92 Å². The SMILES string of the molecule is CN=C(NCCc1csc(C(C)C)n1)NC(C)Cc1c(C)nn(C)c1C.I. The second-order valence-corrected chi connectivity index (χ2v) is 7.99. The number of nitrogens with one attached hydrogen (secondary N) is 2. The van der Waals surface area contributed by atoms with Gasteiger partial charge in [-0.25, -0.2) is 4.98 Å². The number of halogens is 1. The predicted octanol–water partition coefficient (Wildman–Crippen LogP) is 3.57. The number of aromatic nitrogens is 3. The summed E-state index contributed by atoms with van der Waals surface area (Å²) >= 11 is 1.75. The van der Waals surface area contributed by atoms with Gasteiger partial charge in [0, 0.05) is 50.1 Å². The summed E-state index contributed by atoms with van der Waals surface area (Å²) in [7, 11) is 3.80. The van der Waals surface area contributed by atoms with E-state index in [9.17, 15) is 0 Å². The van der Waals surface area contributed by atoms with Crippen LogP contribution in [0.4, 0.5) is 0 Å². The van der Waals surface area contributed by atoms with E-state index >= 15 is 0 Å². The van der Waals surface area contributed by atoms with Crippen molar-refractivity contribution in [2.75, 3.05) is 13.6 Å². The van der Waals surface area contributed by atoms with Gasteiger partial charge in [0.1, 0.15) is 0 Å². The van der Waals surface area contributed by atoms with Crippen molar-refractivity contribution in [1.82, 2.24) is 25.4 Å². The summed E-state index contributed by atoms with van der Waals surface area (Å²) in [6, 6.07) is 0.273. The Labute approximate surface area is 184 Å². The van der Waals surface area contributed by atoms with Crippen LogP contribution < -0.4 is 10.6 Å². The van der Waals surface area contributed by atoms with Gasteiger partial charge in [0.25, 0.3) is 0 Å². The lowest BCUT2D eigenvalue weighted by Gasteiger charge is -2.18. The van der Waals surface area contributed by atoms with Gasteiger partial charge in [-0.2, -0.15) is 5.10 Å². The fraction of sp³-hybridized carbons (Fsp3) is 0.632. The molecule has 0 bridgehead atoms. The minimum atomic E-state index is 0. The van der Waals surface area contributed by atoms with Gasteiger partial charge >= 0.3 is 0 Å². The monoisotopic (exact) mass is 504 g/mol. The smallest absolute Gasteiger partial charge is 0.191 e. The summed E-state index contributed by atoms with van der Waals surface area (Å²) in [5, 5.41) is 14.7. The normalized spacial score (nSPS) is 12.8. The lowest BCUT2D eigenvalue weighted by atomic mass is 10.1. The molecule has 0 aliphatic carbocycles. The van der Waals surface area contributed by atoms with Crippen LogP contribution in [0.1, 0.15) is 54.3 Å². The summed E-state index contributed by atoms with van der Waals surface area (Å²) in [5.41, 5.74) is 4.79. The quantitative estimate of drug-likeness (QED) is 0.344. The largest absolute Gasteiger partial charge is 0.356 e. The third kappa shape index (κ3) is 6.74. The highest BCUT2D eigenvalue weighted by Gasteiger charge is 2.14. The van der Waals surface area contributed by atoms with Gasteiger partial charge in [-0.05, 0) is 32.8 Å². The maximum absolute atomic E-state index is 4.68.